The van der Waals surface area contributed by atoms with Crippen LogP contribution in [0.3, 0.4) is 0 Å². The van der Waals surface area contributed by atoms with Crippen LogP contribution in [0, 0.1) is 0 Å². The van der Waals surface area contributed by atoms with E-state index in [0.29, 0.717) is 12.2 Å². The molecule has 1 amide bonds. The molecule has 0 bridgehead atoms. The zero-order chi connectivity index (χ0) is 25.4. The predicted molar refractivity (Wildman–Crippen MR) is 141 cm³/mol. The summed E-state index contributed by atoms with van der Waals surface area (Å²) < 4.78 is 33.5. The topological polar surface area (TPSA) is 79.0 Å². The summed E-state index contributed by atoms with van der Waals surface area (Å²) in [6, 6.07) is 23.6. The van der Waals surface area contributed by atoms with Crippen molar-refractivity contribution in [3.05, 3.63) is 95.6 Å². The van der Waals surface area contributed by atoms with Crippen LogP contribution >= 0.6 is 0 Å². The molecule has 8 heteroatoms. The summed E-state index contributed by atoms with van der Waals surface area (Å²) in [7, 11) is -3.92. The minimum atomic E-state index is -3.92. The van der Waals surface area contributed by atoms with Crippen LogP contribution in [0.5, 0.6) is 0 Å². The molecule has 1 N–H and O–H groups in total. The average Bonchev–Trinajstić information content (AvgIpc) is 2.92. The van der Waals surface area contributed by atoms with E-state index in [4.69, 9.17) is 4.74 Å². The Hall–Kier alpha value is -3.20. The van der Waals surface area contributed by atoms with E-state index in [1.165, 1.54) is 9.87 Å². The quantitative estimate of drug-likeness (QED) is 0.454. The van der Waals surface area contributed by atoms with E-state index in [9.17, 15) is 13.2 Å². The zero-order valence-electron chi connectivity index (χ0n) is 20.6. The molecule has 1 aliphatic heterocycles. The molecule has 1 saturated heterocycles. The van der Waals surface area contributed by atoms with Crippen molar-refractivity contribution < 1.29 is 17.9 Å². The number of morpholine rings is 1. The van der Waals surface area contributed by atoms with Crippen LogP contribution in [-0.2, 0) is 39.1 Å². The van der Waals surface area contributed by atoms with Crippen molar-refractivity contribution in [2.24, 2.45) is 0 Å². The first-order chi connectivity index (χ1) is 17.5. The first-order valence-electron chi connectivity index (χ1n) is 12.3. The Kier molecular flexibility index (Phi) is 8.74. The number of rotatable bonds is 10. The lowest BCUT2D eigenvalue weighted by atomic mass is 10.1. The number of amides is 1. The normalized spacial score (nSPS) is 14.4. The summed E-state index contributed by atoms with van der Waals surface area (Å²) in [6.45, 7) is 6.20. The van der Waals surface area contributed by atoms with Gasteiger partial charge < -0.3 is 10.1 Å². The zero-order valence-corrected chi connectivity index (χ0v) is 21.4. The minimum Gasteiger partial charge on any atom is -0.379 e. The summed E-state index contributed by atoms with van der Waals surface area (Å²) in [5.41, 5.74) is 3.70. The van der Waals surface area contributed by atoms with Crippen LogP contribution < -0.4 is 9.62 Å². The van der Waals surface area contributed by atoms with Gasteiger partial charge in [0, 0.05) is 26.2 Å². The lowest BCUT2D eigenvalue weighted by molar-refractivity contribution is -0.119. The fourth-order valence-corrected chi connectivity index (χ4v) is 5.62. The van der Waals surface area contributed by atoms with Crippen LogP contribution in [-0.4, -0.2) is 52.1 Å². The maximum Gasteiger partial charge on any atom is 0.264 e. The van der Waals surface area contributed by atoms with E-state index in [1.54, 1.807) is 42.5 Å². The van der Waals surface area contributed by atoms with Crippen molar-refractivity contribution in [2.75, 3.05) is 37.2 Å². The molecule has 1 aliphatic rings. The standard InChI is InChI=1S/C28H33N3O4S/c1-2-23-11-13-26(14-12-23)31(36(33,34)27-9-4-3-5-10-27)22-28(32)29-20-24-7-6-8-25(19-24)21-30-15-17-35-18-16-30/h3-14,19H,2,15-18,20-22H2,1H3,(H,29,32). The largest absolute Gasteiger partial charge is 0.379 e. The summed E-state index contributed by atoms with van der Waals surface area (Å²) in [5, 5.41) is 2.90. The van der Waals surface area contributed by atoms with Crippen molar-refractivity contribution in [2.45, 2.75) is 31.3 Å². The van der Waals surface area contributed by atoms with Crippen LogP contribution in [0.2, 0.25) is 0 Å². The van der Waals surface area contributed by atoms with Gasteiger partial charge in [0.15, 0.2) is 0 Å². The van der Waals surface area contributed by atoms with Crippen molar-refractivity contribution in [3.63, 3.8) is 0 Å². The van der Waals surface area contributed by atoms with Gasteiger partial charge in [-0.15, -0.1) is 0 Å². The van der Waals surface area contributed by atoms with E-state index in [0.717, 1.165) is 50.4 Å². The molecule has 36 heavy (non-hydrogen) atoms. The highest BCUT2D eigenvalue weighted by molar-refractivity contribution is 7.92. The van der Waals surface area contributed by atoms with Crippen molar-refractivity contribution >= 4 is 21.6 Å². The molecule has 0 aliphatic carbocycles. The summed E-state index contributed by atoms with van der Waals surface area (Å²) in [4.78, 5) is 15.5. The van der Waals surface area contributed by atoms with Gasteiger partial charge in [0.2, 0.25) is 5.91 Å². The van der Waals surface area contributed by atoms with Gasteiger partial charge in [0.05, 0.1) is 23.8 Å². The molecule has 0 saturated carbocycles. The highest BCUT2D eigenvalue weighted by Gasteiger charge is 2.27. The summed E-state index contributed by atoms with van der Waals surface area (Å²) in [5.74, 6) is -0.368. The molecule has 0 unspecified atom stereocenters. The highest BCUT2D eigenvalue weighted by Crippen LogP contribution is 2.24. The van der Waals surface area contributed by atoms with Crippen LogP contribution in [0.15, 0.2) is 83.8 Å². The van der Waals surface area contributed by atoms with Crippen LogP contribution in [0.1, 0.15) is 23.6 Å². The number of ether oxygens (including phenoxy) is 1. The van der Waals surface area contributed by atoms with Crippen molar-refractivity contribution in [1.82, 2.24) is 10.2 Å². The van der Waals surface area contributed by atoms with Crippen LogP contribution in [0.25, 0.3) is 0 Å². The molecule has 1 heterocycles. The van der Waals surface area contributed by atoms with E-state index in [1.807, 2.05) is 31.2 Å². The van der Waals surface area contributed by atoms with Gasteiger partial charge in [-0.05, 0) is 47.4 Å². The fraction of sp³-hybridized carbons (Fsp3) is 0.321. The molecule has 7 nitrogen and oxygen atoms in total. The second kappa shape index (κ2) is 12.2. The highest BCUT2D eigenvalue weighted by atomic mass is 32.2. The third-order valence-electron chi connectivity index (χ3n) is 6.24. The maximum atomic E-state index is 13.5. The summed E-state index contributed by atoms with van der Waals surface area (Å²) in [6.07, 6.45) is 0.844. The number of hydrogen-bond donors (Lipinski definition) is 1. The first kappa shape index (κ1) is 25.9. The third-order valence-corrected chi connectivity index (χ3v) is 8.03. The van der Waals surface area contributed by atoms with Gasteiger partial charge in [-0.1, -0.05) is 61.5 Å². The maximum absolute atomic E-state index is 13.5. The number of anilines is 1. The molecule has 4 rings (SSSR count). The van der Waals surface area contributed by atoms with Gasteiger partial charge in [-0.25, -0.2) is 8.42 Å². The van der Waals surface area contributed by atoms with Gasteiger partial charge in [-0.3, -0.25) is 14.0 Å². The van der Waals surface area contributed by atoms with Gasteiger partial charge in [0.25, 0.3) is 10.0 Å². The Balaban J connectivity index is 1.46. The molecule has 3 aromatic rings. The average molecular weight is 508 g/mol. The number of carbonyl (C=O) groups is 1. The number of nitrogens with one attached hydrogen (secondary N) is 1. The first-order valence-corrected chi connectivity index (χ1v) is 13.7. The Bertz CT molecular complexity index is 1240. The van der Waals surface area contributed by atoms with Crippen molar-refractivity contribution in [3.8, 4) is 0 Å². The number of benzene rings is 3. The molecule has 1 fully saturated rings. The molecular formula is C28H33N3O4S. The number of nitrogens with zero attached hydrogens (tertiary/aromatic N) is 2. The SMILES string of the molecule is CCc1ccc(N(CC(=O)NCc2cccc(CN3CCOCC3)c2)S(=O)(=O)c2ccccc2)cc1. The molecule has 0 atom stereocenters. The van der Waals surface area contributed by atoms with E-state index >= 15 is 0 Å². The number of sulfonamides is 1. The third kappa shape index (κ3) is 6.72. The number of aryl methyl sites for hydroxylation is 1. The second-order valence-corrected chi connectivity index (χ2v) is 10.7. The Labute approximate surface area is 213 Å². The number of hydrogen-bond acceptors (Lipinski definition) is 5. The van der Waals surface area contributed by atoms with Crippen molar-refractivity contribution in [1.29, 1.82) is 0 Å². The molecule has 0 aromatic heterocycles. The minimum absolute atomic E-state index is 0.146. The molecular weight excluding hydrogens is 474 g/mol. The predicted octanol–water partition coefficient (Wildman–Crippen LogP) is 3.59. The Morgan fingerprint density at radius 3 is 2.31 bits per heavy atom. The van der Waals surface area contributed by atoms with Gasteiger partial charge >= 0.3 is 0 Å². The molecule has 3 aromatic carbocycles. The van der Waals surface area contributed by atoms with E-state index < -0.39 is 10.0 Å². The Morgan fingerprint density at radius 1 is 0.917 bits per heavy atom. The Morgan fingerprint density at radius 2 is 1.61 bits per heavy atom. The smallest absolute Gasteiger partial charge is 0.264 e. The monoisotopic (exact) mass is 507 g/mol. The second-order valence-electron chi connectivity index (χ2n) is 8.83. The van der Waals surface area contributed by atoms with Gasteiger partial charge in [-0.2, -0.15) is 0 Å². The fourth-order valence-electron chi connectivity index (χ4n) is 4.18. The lowest BCUT2D eigenvalue weighted by Gasteiger charge is -2.26. The van der Waals surface area contributed by atoms with E-state index in [-0.39, 0.29) is 17.3 Å². The van der Waals surface area contributed by atoms with Crippen LogP contribution in [0.4, 0.5) is 5.69 Å². The van der Waals surface area contributed by atoms with Gasteiger partial charge in [0.1, 0.15) is 6.54 Å². The van der Waals surface area contributed by atoms with E-state index in [2.05, 4.69) is 22.3 Å². The summed E-state index contributed by atoms with van der Waals surface area (Å²) >= 11 is 0. The molecule has 0 spiro atoms. The number of carbonyl (C=O) groups excluding carboxylic acids is 1. The molecule has 0 radical (unpaired) electrons. The molecule has 190 valence electrons. The lowest BCUT2D eigenvalue weighted by Crippen LogP contribution is -2.40.